The van der Waals surface area contributed by atoms with Gasteiger partial charge in [0, 0.05) is 0 Å². The molecule has 4 N–H and O–H groups in total. The lowest BCUT2D eigenvalue weighted by molar-refractivity contribution is -0.155. The number of hydrogen-bond donors (Lipinski definition) is 4. The largest absolute Gasteiger partial charge is 0.481 e. The molecule has 1 aliphatic rings. The van der Waals surface area contributed by atoms with Crippen molar-refractivity contribution in [3.63, 3.8) is 0 Å². The minimum Gasteiger partial charge on any atom is -0.481 e. The van der Waals surface area contributed by atoms with Gasteiger partial charge in [-0.2, -0.15) is 0 Å². The fourth-order valence-electron chi connectivity index (χ4n) is 1.72. The van der Waals surface area contributed by atoms with Crippen molar-refractivity contribution in [3.8, 4) is 0 Å². The van der Waals surface area contributed by atoms with Crippen LogP contribution >= 0.6 is 0 Å². The molecule has 1 rings (SSSR count). The predicted molar refractivity (Wildman–Crippen MR) is 54.9 cm³/mol. The van der Waals surface area contributed by atoms with Gasteiger partial charge >= 0.3 is 11.9 Å². The topological polar surface area (TPSA) is 115 Å². The highest BCUT2D eigenvalue weighted by molar-refractivity contribution is 5.80. The second-order valence-corrected chi connectivity index (χ2v) is 3.62. The molecule has 1 fully saturated rings. The molecular formula is C10H18O6. The van der Waals surface area contributed by atoms with Crippen LogP contribution in [-0.2, 0) is 9.59 Å². The van der Waals surface area contributed by atoms with Crippen LogP contribution in [0.25, 0.3) is 0 Å². The van der Waals surface area contributed by atoms with Crippen LogP contribution < -0.4 is 0 Å². The number of hydrogen-bond acceptors (Lipinski definition) is 4. The number of carboxylic acids is 2. The van der Waals surface area contributed by atoms with Crippen molar-refractivity contribution >= 4 is 11.9 Å². The molecule has 2 unspecified atom stereocenters. The zero-order valence-corrected chi connectivity index (χ0v) is 9.00. The molecule has 0 saturated heterocycles. The monoisotopic (exact) mass is 234 g/mol. The minimum atomic E-state index is -0.970. The zero-order chi connectivity index (χ0) is 12.6. The Kier molecular flexibility index (Phi) is 7.49. The molecule has 0 spiro atoms. The molecule has 0 heterocycles. The summed E-state index contributed by atoms with van der Waals surface area (Å²) in [7, 11) is 0. The number of aliphatic hydroxyl groups is 2. The van der Waals surface area contributed by atoms with E-state index in [9.17, 15) is 9.59 Å². The zero-order valence-electron chi connectivity index (χ0n) is 9.00. The summed E-state index contributed by atoms with van der Waals surface area (Å²) in [6.07, 6.45) is 2.68. The lowest BCUT2D eigenvalue weighted by atomic mass is 9.79. The number of carboxylic acid groups (broad SMARTS) is 2. The highest BCUT2D eigenvalue weighted by atomic mass is 16.4. The highest BCUT2D eigenvalue weighted by Crippen LogP contribution is 2.30. The first-order valence-electron chi connectivity index (χ1n) is 5.22. The van der Waals surface area contributed by atoms with E-state index in [-0.39, 0.29) is 13.2 Å². The number of carbonyl (C=O) groups is 2. The van der Waals surface area contributed by atoms with Crippen molar-refractivity contribution in [2.45, 2.75) is 25.7 Å². The molecule has 0 aromatic heterocycles. The van der Waals surface area contributed by atoms with E-state index in [0.717, 1.165) is 12.8 Å². The third kappa shape index (κ3) is 5.09. The van der Waals surface area contributed by atoms with Crippen molar-refractivity contribution in [2.24, 2.45) is 11.8 Å². The molecule has 0 amide bonds. The summed E-state index contributed by atoms with van der Waals surface area (Å²) in [5.41, 5.74) is 0. The van der Waals surface area contributed by atoms with Crippen LogP contribution in [0.2, 0.25) is 0 Å². The van der Waals surface area contributed by atoms with Gasteiger partial charge in [0.05, 0.1) is 25.0 Å². The summed E-state index contributed by atoms with van der Waals surface area (Å²) in [6, 6.07) is 0. The van der Waals surface area contributed by atoms with Crippen LogP contribution in [0.5, 0.6) is 0 Å². The van der Waals surface area contributed by atoms with E-state index in [2.05, 4.69) is 0 Å². The summed E-state index contributed by atoms with van der Waals surface area (Å²) in [5, 5.41) is 32.6. The van der Waals surface area contributed by atoms with Crippen molar-refractivity contribution in [1.29, 1.82) is 0 Å². The van der Waals surface area contributed by atoms with Gasteiger partial charge in [0.25, 0.3) is 0 Å². The Morgan fingerprint density at radius 2 is 1.19 bits per heavy atom. The third-order valence-electron chi connectivity index (χ3n) is 2.50. The number of rotatable bonds is 3. The summed E-state index contributed by atoms with van der Waals surface area (Å²) in [4.78, 5) is 21.2. The Hall–Kier alpha value is -1.14. The summed E-state index contributed by atoms with van der Waals surface area (Å²) in [5.74, 6) is -3.28. The van der Waals surface area contributed by atoms with Gasteiger partial charge in [-0.05, 0) is 12.8 Å². The first-order chi connectivity index (χ1) is 7.54. The Bertz CT molecular complexity index is 203. The minimum absolute atomic E-state index is 0.125. The molecule has 0 radical (unpaired) electrons. The van der Waals surface area contributed by atoms with Crippen LogP contribution in [0.4, 0.5) is 0 Å². The second kappa shape index (κ2) is 8.06. The molecule has 16 heavy (non-hydrogen) atoms. The Labute approximate surface area is 93.5 Å². The smallest absolute Gasteiger partial charge is 0.307 e. The van der Waals surface area contributed by atoms with Gasteiger partial charge < -0.3 is 20.4 Å². The maximum Gasteiger partial charge on any atom is 0.307 e. The van der Waals surface area contributed by atoms with Crippen molar-refractivity contribution in [2.75, 3.05) is 13.2 Å². The maximum absolute atomic E-state index is 10.6. The summed E-state index contributed by atoms with van der Waals surface area (Å²) in [6.45, 7) is -0.250. The van der Waals surface area contributed by atoms with E-state index in [0.29, 0.717) is 12.8 Å². The van der Waals surface area contributed by atoms with E-state index in [1.54, 1.807) is 0 Å². The lowest BCUT2D eigenvalue weighted by Gasteiger charge is -2.24. The van der Waals surface area contributed by atoms with Crippen molar-refractivity contribution in [3.05, 3.63) is 0 Å². The molecule has 1 aliphatic carbocycles. The van der Waals surface area contributed by atoms with Gasteiger partial charge in [-0.1, -0.05) is 12.8 Å². The van der Waals surface area contributed by atoms with Gasteiger partial charge in [0.2, 0.25) is 0 Å². The van der Waals surface area contributed by atoms with Gasteiger partial charge in [0.1, 0.15) is 0 Å². The molecule has 0 aliphatic heterocycles. The quantitative estimate of drug-likeness (QED) is 0.543. The molecule has 6 nitrogen and oxygen atoms in total. The van der Waals surface area contributed by atoms with Gasteiger partial charge in [-0.15, -0.1) is 0 Å². The van der Waals surface area contributed by atoms with E-state index in [1.165, 1.54) is 0 Å². The van der Waals surface area contributed by atoms with Gasteiger partial charge in [-0.3, -0.25) is 9.59 Å². The first kappa shape index (κ1) is 14.9. The molecule has 2 atom stereocenters. The Morgan fingerprint density at radius 3 is 1.38 bits per heavy atom. The van der Waals surface area contributed by atoms with E-state index in [4.69, 9.17) is 20.4 Å². The fourth-order valence-corrected chi connectivity index (χ4v) is 1.72. The fraction of sp³-hybridized carbons (Fsp3) is 0.800. The second-order valence-electron chi connectivity index (χ2n) is 3.62. The molecule has 0 aromatic rings. The molecule has 1 saturated carbocycles. The van der Waals surface area contributed by atoms with E-state index >= 15 is 0 Å². The van der Waals surface area contributed by atoms with Crippen LogP contribution in [-0.4, -0.2) is 45.6 Å². The third-order valence-corrected chi connectivity index (χ3v) is 2.50. The van der Waals surface area contributed by atoms with Crippen LogP contribution in [0.15, 0.2) is 0 Å². The van der Waals surface area contributed by atoms with Crippen LogP contribution in [0.1, 0.15) is 25.7 Å². The van der Waals surface area contributed by atoms with E-state index < -0.39 is 23.8 Å². The normalized spacial score (nSPS) is 24.1. The number of aliphatic hydroxyl groups excluding tert-OH is 2. The Balaban J connectivity index is 0.000000487. The summed E-state index contributed by atoms with van der Waals surface area (Å²) < 4.78 is 0. The number of aliphatic carboxylic acids is 2. The Morgan fingerprint density at radius 1 is 0.875 bits per heavy atom. The molecule has 6 heteroatoms. The van der Waals surface area contributed by atoms with Crippen LogP contribution in [0.3, 0.4) is 0 Å². The van der Waals surface area contributed by atoms with Crippen LogP contribution in [0, 0.1) is 11.8 Å². The van der Waals surface area contributed by atoms with E-state index in [1.807, 2.05) is 0 Å². The maximum atomic E-state index is 10.6. The molecule has 94 valence electrons. The van der Waals surface area contributed by atoms with Crippen molar-refractivity contribution in [1.82, 2.24) is 0 Å². The summed E-state index contributed by atoms with van der Waals surface area (Å²) >= 11 is 0. The van der Waals surface area contributed by atoms with Gasteiger partial charge in [-0.25, -0.2) is 0 Å². The average Bonchev–Trinajstić information content (AvgIpc) is 2.29. The van der Waals surface area contributed by atoms with Gasteiger partial charge in [0.15, 0.2) is 0 Å². The molecule has 0 bridgehead atoms. The lowest BCUT2D eigenvalue weighted by Crippen LogP contribution is -2.32. The molecular weight excluding hydrogens is 216 g/mol. The predicted octanol–water partition coefficient (Wildman–Crippen LogP) is -0.0670. The van der Waals surface area contributed by atoms with Crippen molar-refractivity contribution < 1.29 is 30.0 Å². The standard InChI is InChI=1S/C8H12O4.C2H6O2/c9-7(10)5-3-1-2-4-6(5)8(11)12;3-1-2-4/h5-6H,1-4H2,(H,9,10)(H,11,12);3-4H,1-2H2. The SMILES string of the molecule is O=C(O)C1CCCCC1C(=O)O.OCCO. The highest BCUT2D eigenvalue weighted by Gasteiger charge is 2.35. The average molecular weight is 234 g/mol. The first-order valence-corrected chi connectivity index (χ1v) is 5.22. The molecule has 0 aromatic carbocycles.